The Morgan fingerprint density at radius 2 is 2.00 bits per heavy atom. The molecule has 0 radical (unpaired) electrons. The Kier molecular flexibility index (Phi) is 8.06. The molecule has 7 heteroatoms. The highest BCUT2D eigenvalue weighted by molar-refractivity contribution is 9.10. The van der Waals surface area contributed by atoms with Crippen LogP contribution in [0.15, 0.2) is 22.7 Å². The van der Waals surface area contributed by atoms with Crippen molar-refractivity contribution in [3.05, 3.63) is 28.2 Å². The van der Waals surface area contributed by atoms with E-state index in [1.165, 1.54) is 0 Å². The second-order valence-corrected chi connectivity index (χ2v) is 5.31. The normalized spacial score (nSPS) is 11.7. The van der Waals surface area contributed by atoms with Gasteiger partial charge in [0.25, 0.3) is 0 Å². The van der Waals surface area contributed by atoms with Crippen LogP contribution in [0, 0.1) is 0 Å². The number of nitrogens with one attached hydrogen (secondary N) is 1. The van der Waals surface area contributed by atoms with Gasteiger partial charge in [0.05, 0.1) is 11.1 Å². The smallest absolute Gasteiger partial charge is 0.411 e. The molecule has 0 aliphatic heterocycles. The number of benzene rings is 1. The minimum Gasteiger partial charge on any atom is -0.490 e. The minimum absolute atomic E-state index is 0.0715. The summed E-state index contributed by atoms with van der Waals surface area (Å²) in [5.74, 6) is 0.588. The van der Waals surface area contributed by atoms with Gasteiger partial charge in [0.2, 0.25) is 0 Å². The first-order valence-corrected chi connectivity index (χ1v) is 7.48. The zero-order valence-corrected chi connectivity index (χ0v) is 13.4. The number of halogens is 4. The quantitative estimate of drug-likeness (QED) is 0.669. The van der Waals surface area contributed by atoms with Crippen molar-refractivity contribution in [2.24, 2.45) is 0 Å². The van der Waals surface area contributed by atoms with Gasteiger partial charge >= 0.3 is 6.18 Å². The first-order valence-electron chi connectivity index (χ1n) is 6.69. The molecule has 1 aromatic rings. The van der Waals surface area contributed by atoms with Crippen LogP contribution in [0.4, 0.5) is 13.2 Å². The Morgan fingerprint density at radius 3 is 2.62 bits per heavy atom. The molecule has 0 saturated carbocycles. The second-order valence-electron chi connectivity index (χ2n) is 4.46. The van der Waals surface area contributed by atoms with Gasteiger partial charge < -0.3 is 14.8 Å². The summed E-state index contributed by atoms with van der Waals surface area (Å²) in [6.45, 7) is 2.53. The van der Waals surface area contributed by atoms with Gasteiger partial charge in [-0.05, 0) is 46.6 Å². The van der Waals surface area contributed by atoms with Gasteiger partial charge in [-0.2, -0.15) is 13.2 Å². The average molecular weight is 370 g/mol. The van der Waals surface area contributed by atoms with Gasteiger partial charge in [0.1, 0.15) is 19.0 Å². The molecule has 0 aliphatic carbocycles. The maximum absolute atomic E-state index is 11.9. The first kappa shape index (κ1) is 18.3. The molecule has 0 spiro atoms. The van der Waals surface area contributed by atoms with E-state index >= 15 is 0 Å². The summed E-state index contributed by atoms with van der Waals surface area (Å²) >= 11 is 3.38. The fourth-order valence-electron chi connectivity index (χ4n) is 1.58. The Morgan fingerprint density at radius 1 is 1.24 bits per heavy atom. The van der Waals surface area contributed by atoms with Crippen LogP contribution in [0.2, 0.25) is 0 Å². The van der Waals surface area contributed by atoms with E-state index in [-0.39, 0.29) is 13.2 Å². The largest absolute Gasteiger partial charge is 0.490 e. The van der Waals surface area contributed by atoms with Crippen LogP contribution >= 0.6 is 15.9 Å². The molecular formula is C14H19BrF3NO2. The van der Waals surface area contributed by atoms with Crippen LogP contribution < -0.4 is 10.1 Å². The molecule has 0 bridgehead atoms. The molecule has 0 atom stereocenters. The van der Waals surface area contributed by atoms with Crippen LogP contribution in [-0.2, 0) is 11.3 Å². The fourth-order valence-corrected chi connectivity index (χ4v) is 2.12. The molecular weight excluding hydrogens is 351 g/mol. The molecule has 0 aliphatic rings. The van der Waals surface area contributed by atoms with E-state index in [0.29, 0.717) is 5.75 Å². The van der Waals surface area contributed by atoms with Gasteiger partial charge in [-0.3, -0.25) is 0 Å². The van der Waals surface area contributed by atoms with E-state index in [1.54, 1.807) is 6.07 Å². The standard InChI is InChI=1S/C14H19BrF3NO2/c1-2-5-19-9-11-3-4-13(12(15)8-11)21-7-6-20-10-14(16,17)18/h3-4,8,19H,2,5-7,9-10H2,1H3. The van der Waals surface area contributed by atoms with E-state index in [1.807, 2.05) is 12.1 Å². The molecule has 120 valence electrons. The van der Waals surface area contributed by atoms with Gasteiger partial charge in [-0.25, -0.2) is 0 Å². The highest BCUT2D eigenvalue weighted by Crippen LogP contribution is 2.26. The number of ether oxygens (including phenoxy) is 2. The van der Waals surface area contributed by atoms with E-state index in [9.17, 15) is 13.2 Å². The number of alkyl halides is 3. The lowest BCUT2D eigenvalue weighted by molar-refractivity contribution is -0.175. The van der Waals surface area contributed by atoms with Crippen molar-refractivity contribution in [3.63, 3.8) is 0 Å². The van der Waals surface area contributed by atoms with Gasteiger partial charge in [0.15, 0.2) is 0 Å². The van der Waals surface area contributed by atoms with Gasteiger partial charge in [-0.1, -0.05) is 13.0 Å². The minimum atomic E-state index is -4.30. The van der Waals surface area contributed by atoms with Crippen LogP contribution in [0.3, 0.4) is 0 Å². The number of hydrogen-bond acceptors (Lipinski definition) is 3. The molecule has 0 amide bonds. The summed E-state index contributed by atoms with van der Waals surface area (Å²) in [6.07, 6.45) is -3.23. The molecule has 3 nitrogen and oxygen atoms in total. The SMILES string of the molecule is CCCNCc1ccc(OCCOCC(F)(F)F)c(Br)c1. The summed E-state index contributed by atoms with van der Waals surface area (Å²) in [6, 6.07) is 5.63. The van der Waals surface area contributed by atoms with Crippen molar-refractivity contribution in [2.45, 2.75) is 26.1 Å². The highest BCUT2D eigenvalue weighted by atomic mass is 79.9. The summed E-state index contributed by atoms with van der Waals surface area (Å²) in [7, 11) is 0. The van der Waals surface area contributed by atoms with Crippen LogP contribution in [0.5, 0.6) is 5.75 Å². The third-order valence-electron chi connectivity index (χ3n) is 2.50. The monoisotopic (exact) mass is 369 g/mol. The summed E-state index contributed by atoms with van der Waals surface area (Å²) in [4.78, 5) is 0. The number of hydrogen-bond donors (Lipinski definition) is 1. The van der Waals surface area contributed by atoms with Crippen molar-refractivity contribution < 1.29 is 22.6 Å². The first-order chi connectivity index (χ1) is 9.92. The third-order valence-corrected chi connectivity index (χ3v) is 3.12. The van der Waals surface area contributed by atoms with Crippen molar-refractivity contribution >= 4 is 15.9 Å². The lowest BCUT2D eigenvalue weighted by Crippen LogP contribution is -2.19. The zero-order valence-electron chi connectivity index (χ0n) is 11.8. The molecule has 21 heavy (non-hydrogen) atoms. The lowest BCUT2D eigenvalue weighted by atomic mass is 10.2. The van der Waals surface area contributed by atoms with Crippen LogP contribution in [0.25, 0.3) is 0 Å². The number of rotatable bonds is 9. The van der Waals surface area contributed by atoms with E-state index in [4.69, 9.17) is 4.74 Å². The molecule has 0 saturated heterocycles. The molecule has 0 aromatic heterocycles. The Labute approximate surface area is 130 Å². The third kappa shape index (κ3) is 8.28. The van der Waals surface area contributed by atoms with Gasteiger partial charge in [0, 0.05) is 6.54 Å². The van der Waals surface area contributed by atoms with E-state index in [0.717, 1.165) is 29.5 Å². The van der Waals surface area contributed by atoms with Crippen molar-refractivity contribution in [2.75, 3.05) is 26.4 Å². The van der Waals surface area contributed by atoms with Crippen molar-refractivity contribution in [1.29, 1.82) is 0 Å². The van der Waals surface area contributed by atoms with Crippen LogP contribution in [-0.4, -0.2) is 32.5 Å². The molecule has 0 heterocycles. The summed E-state index contributed by atoms with van der Waals surface area (Å²) < 4.78 is 46.2. The molecule has 0 unspecified atom stereocenters. The maximum atomic E-state index is 11.9. The van der Waals surface area contributed by atoms with E-state index < -0.39 is 12.8 Å². The zero-order chi connectivity index (χ0) is 15.7. The average Bonchev–Trinajstić information content (AvgIpc) is 2.39. The van der Waals surface area contributed by atoms with Crippen LogP contribution in [0.1, 0.15) is 18.9 Å². The molecule has 1 N–H and O–H groups in total. The van der Waals surface area contributed by atoms with Gasteiger partial charge in [-0.15, -0.1) is 0 Å². The van der Waals surface area contributed by atoms with Crippen molar-refractivity contribution in [1.82, 2.24) is 5.32 Å². The molecule has 1 aromatic carbocycles. The highest BCUT2D eigenvalue weighted by Gasteiger charge is 2.27. The predicted octanol–water partition coefficient (Wildman–Crippen LogP) is 3.91. The lowest BCUT2D eigenvalue weighted by Gasteiger charge is -2.11. The molecule has 0 fully saturated rings. The summed E-state index contributed by atoms with van der Waals surface area (Å²) in [5, 5.41) is 3.28. The molecule has 1 rings (SSSR count). The Balaban J connectivity index is 2.32. The Hall–Kier alpha value is -0.790. The predicted molar refractivity (Wildman–Crippen MR) is 78.5 cm³/mol. The fraction of sp³-hybridized carbons (Fsp3) is 0.571. The Bertz CT molecular complexity index is 427. The maximum Gasteiger partial charge on any atom is 0.411 e. The topological polar surface area (TPSA) is 30.5 Å². The van der Waals surface area contributed by atoms with Crippen molar-refractivity contribution in [3.8, 4) is 5.75 Å². The summed E-state index contributed by atoms with van der Waals surface area (Å²) in [5.41, 5.74) is 1.11. The van der Waals surface area contributed by atoms with E-state index in [2.05, 4.69) is 32.9 Å². The second kappa shape index (κ2) is 9.27.